The van der Waals surface area contributed by atoms with Gasteiger partial charge in [0, 0.05) is 9.72 Å². The molecule has 1 aromatic heterocycles. The van der Waals surface area contributed by atoms with Gasteiger partial charge in [-0.05, 0) is 53.4 Å². The molecule has 0 saturated carbocycles. The monoisotopic (exact) mass is 434 g/mol. The number of hydrogen-bond donors (Lipinski definition) is 0. The van der Waals surface area contributed by atoms with Crippen molar-refractivity contribution in [1.29, 1.82) is 0 Å². The lowest BCUT2D eigenvalue weighted by atomic mass is 10.2. The summed E-state index contributed by atoms with van der Waals surface area (Å²) in [6.07, 6.45) is 2.70. The number of carbonyl (C=O) groups excluding carboxylic acids is 1. The number of fused-ring (bicyclic) bond motifs is 1. The van der Waals surface area contributed by atoms with E-state index in [-0.39, 0.29) is 0 Å². The summed E-state index contributed by atoms with van der Waals surface area (Å²) in [5.41, 5.74) is 0.721. The number of rotatable bonds is 6. The van der Waals surface area contributed by atoms with E-state index in [1.165, 1.54) is 18.2 Å². The molecule has 8 heteroatoms. The second kappa shape index (κ2) is 8.26. The molecule has 0 aliphatic heterocycles. The van der Waals surface area contributed by atoms with Gasteiger partial charge in [0.15, 0.2) is 15.6 Å². The summed E-state index contributed by atoms with van der Waals surface area (Å²) >= 11 is 6.74. The maximum absolute atomic E-state index is 12.6. The maximum Gasteiger partial charge on any atom is 0.251 e. The third kappa shape index (κ3) is 4.67. The van der Waals surface area contributed by atoms with Gasteiger partial charge < -0.3 is 4.74 Å². The van der Waals surface area contributed by atoms with E-state index in [4.69, 9.17) is 16.3 Å². The predicted octanol–water partition coefficient (Wildman–Crippen LogP) is 3.98. The number of sulfone groups is 1. The average Bonchev–Trinajstić information content (AvgIpc) is 2.66. The minimum atomic E-state index is -4.08. The number of methoxy groups -OCH3 is 1. The number of halogens is 1. The van der Waals surface area contributed by atoms with Gasteiger partial charge in [-0.1, -0.05) is 41.1 Å². The van der Waals surface area contributed by atoms with Crippen LogP contribution in [-0.4, -0.2) is 27.1 Å². The highest BCUT2D eigenvalue weighted by molar-refractivity contribution is 7.92. The highest BCUT2D eigenvalue weighted by Gasteiger charge is 2.22. The first-order valence-corrected chi connectivity index (χ1v) is 10.9. The van der Waals surface area contributed by atoms with Crippen LogP contribution in [0.2, 0.25) is 5.02 Å². The Morgan fingerprint density at radius 2 is 1.86 bits per heavy atom. The standard InChI is InChI=1S/C20H15ClO5S2/c1-26-17-7-3-13(4-8-17)2-6-16(22)12-28(24,25)19-11-14-10-15(21)5-9-18(14)27-20(19)23/h2-11H,12H2,1H3/b6-2-. The summed E-state index contributed by atoms with van der Waals surface area (Å²) in [5, 5.41) is 0.970. The van der Waals surface area contributed by atoms with Gasteiger partial charge in [-0.25, -0.2) is 8.42 Å². The summed E-state index contributed by atoms with van der Waals surface area (Å²) < 4.78 is 30.2. The van der Waals surface area contributed by atoms with E-state index in [9.17, 15) is 18.0 Å². The van der Waals surface area contributed by atoms with E-state index in [2.05, 4.69) is 0 Å². The molecule has 3 rings (SSSR count). The van der Waals surface area contributed by atoms with E-state index in [0.717, 1.165) is 16.9 Å². The zero-order chi connectivity index (χ0) is 20.3. The molecule has 0 fully saturated rings. The number of ketones is 1. The van der Waals surface area contributed by atoms with E-state index in [1.54, 1.807) is 49.6 Å². The Bertz CT molecular complexity index is 1230. The molecule has 28 heavy (non-hydrogen) atoms. The third-order valence-corrected chi connectivity index (χ3v) is 6.91. The smallest absolute Gasteiger partial charge is 0.251 e. The second-order valence-electron chi connectivity index (χ2n) is 5.91. The maximum atomic E-state index is 12.6. The van der Waals surface area contributed by atoms with Crippen LogP contribution in [0, 0.1) is 0 Å². The minimum absolute atomic E-state index is 0.390. The number of benzene rings is 2. The Labute approximate surface area is 170 Å². The van der Waals surface area contributed by atoms with Crippen molar-refractivity contribution in [3.05, 3.63) is 74.7 Å². The molecule has 1 heterocycles. The van der Waals surface area contributed by atoms with Crippen molar-refractivity contribution in [3.8, 4) is 5.75 Å². The number of ether oxygens (including phenoxy) is 1. The van der Waals surface area contributed by atoms with Gasteiger partial charge in [-0.3, -0.25) is 9.59 Å². The van der Waals surface area contributed by atoms with Crippen molar-refractivity contribution in [2.24, 2.45) is 0 Å². The van der Waals surface area contributed by atoms with Crippen LogP contribution in [0.25, 0.3) is 16.2 Å². The molecule has 0 radical (unpaired) electrons. The van der Waals surface area contributed by atoms with E-state index >= 15 is 0 Å². The molecule has 0 atom stereocenters. The van der Waals surface area contributed by atoms with Crippen molar-refractivity contribution in [3.63, 3.8) is 0 Å². The molecule has 0 saturated heterocycles. The van der Waals surface area contributed by atoms with Crippen molar-refractivity contribution in [1.82, 2.24) is 0 Å². The van der Waals surface area contributed by atoms with Gasteiger partial charge >= 0.3 is 0 Å². The van der Waals surface area contributed by atoms with Gasteiger partial charge in [-0.15, -0.1) is 0 Å². The molecule has 2 aromatic carbocycles. The van der Waals surface area contributed by atoms with Crippen molar-refractivity contribution < 1.29 is 17.9 Å². The van der Waals surface area contributed by atoms with E-state index in [1.807, 2.05) is 0 Å². The molecule has 0 unspecified atom stereocenters. The van der Waals surface area contributed by atoms with Gasteiger partial charge in [0.25, 0.3) is 4.74 Å². The Balaban J connectivity index is 1.83. The molecule has 5 nitrogen and oxygen atoms in total. The van der Waals surface area contributed by atoms with Crippen molar-refractivity contribution in [2.75, 3.05) is 12.9 Å². The number of hydrogen-bond acceptors (Lipinski definition) is 6. The fraction of sp³-hybridized carbons (Fsp3) is 0.100. The lowest BCUT2D eigenvalue weighted by Crippen LogP contribution is -2.19. The molecule has 0 amide bonds. The molecular formula is C20H15ClO5S2. The Hall–Kier alpha value is -2.48. The van der Waals surface area contributed by atoms with Crippen LogP contribution in [0.15, 0.2) is 64.3 Å². The first-order valence-electron chi connectivity index (χ1n) is 8.09. The summed E-state index contributed by atoms with van der Waals surface area (Å²) in [6.45, 7) is 0. The topological polar surface area (TPSA) is 77.5 Å². The Morgan fingerprint density at radius 3 is 2.54 bits per heavy atom. The van der Waals surface area contributed by atoms with E-state index in [0.29, 0.717) is 20.9 Å². The quantitative estimate of drug-likeness (QED) is 0.548. The van der Waals surface area contributed by atoms with Gasteiger partial charge in [0.2, 0.25) is 0 Å². The molecule has 0 aliphatic rings. The highest BCUT2D eigenvalue weighted by atomic mass is 35.5. The Kier molecular flexibility index (Phi) is 5.98. The molecule has 0 spiro atoms. The highest BCUT2D eigenvalue weighted by Crippen LogP contribution is 2.23. The van der Waals surface area contributed by atoms with Crippen molar-refractivity contribution in [2.45, 2.75) is 4.90 Å². The molecule has 0 bridgehead atoms. The first-order chi connectivity index (χ1) is 13.3. The van der Waals surface area contributed by atoms with Crippen molar-refractivity contribution >= 4 is 54.7 Å². The third-order valence-electron chi connectivity index (χ3n) is 3.91. The van der Waals surface area contributed by atoms with Crippen LogP contribution in [0.5, 0.6) is 5.75 Å². The van der Waals surface area contributed by atoms with Gasteiger partial charge in [0.05, 0.1) is 7.11 Å². The molecule has 144 valence electrons. The molecule has 0 N–H and O–H groups in total. The summed E-state index contributed by atoms with van der Waals surface area (Å²) in [4.78, 5) is 24.0. The normalized spacial score (nSPS) is 11.8. The van der Waals surface area contributed by atoms with Crippen LogP contribution in [0.1, 0.15) is 5.56 Å². The second-order valence-corrected chi connectivity index (χ2v) is 9.32. The first kappa shape index (κ1) is 20.3. The average molecular weight is 435 g/mol. The Morgan fingerprint density at radius 1 is 1.14 bits per heavy atom. The van der Waals surface area contributed by atoms with Crippen LogP contribution in [0.3, 0.4) is 0 Å². The predicted molar refractivity (Wildman–Crippen MR) is 112 cm³/mol. The van der Waals surface area contributed by atoms with Crippen LogP contribution in [-0.2, 0) is 14.6 Å². The zero-order valence-corrected chi connectivity index (χ0v) is 17.1. The number of allylic oxidation sites excluding steroid dienone is 1. The van der Waals surface area contributed by atoms with E-state index < -0.39 is 31.0 Å². The molecule has 0 aliphatic carbocycles. The fourth-order valence-corrected chi connectivity index (χ4v) is 5.11. The lowest BCUT2D eigenvalue weighted by molar-refractivity contribution is -0.112. The van der Waals surface area contributed by atoms with Crippen LogP contribution in [0.4, 0.5) is 0 Å². The largest absolute Gasteiger partial charge is 0.497 e. The molecular weight excluding hydrogens is 420 g/mol. The summed E-state index contributed by atoms with van der Waals surface area (Å²) in [7, 11) is -2.53. The zero-order valence-electron chi connectivity index (χ0n) is 14.7. The lowest BCUT2D eigenvalue weighted by Gasteiger charge is -2.04. The van der Waals surface area contributed by atoms with Gasteiger partial charge in [-0.2, -0.15) is 0 Å². The van der Waals surface area contributed by atoms with Gasteiger partial charge in [0.1, 0.15) is 16.4 Å². The van der Waals surface area contributed by atoms with Crippen LogP contribution < -0.4 is 9.48 Å². The minimum Gasteiger partial charge on any atom is -0.497 e. The SMILES string of the molecule is COc1ccc(/C=C\C(=O)CS(=O)(=O)c2cc3cc(Cl)ccc3sc2=O)cc1. The van der Waals surface area contributed by atoms with Crippen LogP contribution >= 0.6 is 22.9 Å². The summed E-state index contributed by atoms with van der Waals surface area (Å²) in [6, 6.07) is 13.1. The number of carbonyl (C=O) groups is 1. The molecule has 3 aromatic rings. The fourth-order valence-electron chi connectivity index (χ4n) is 2.51. The summed E-state index contributed by atoms with van der Waals surface area (Å²) in [5.74, 6) is -0.730.